The summed E-state index contributed by atoms with van der Waals surface area (Å²) in [5, 5.41) is 4.79. The average molecular weight is 371 g/mol. The fourth-order valence-corrected chi connectivity index (χ4v) is 2.40. The van der Waals surface area contributed by atoms with Crippen LogP contribution in [-0.2, 0) is 0 Å². The minimum atomic E-state index is 0.340. The molecule has 1 N–H and O–H groups in total. The van der Waals surface area contributed by atoms with Gasteiger partial charge in [0.2, 0.25) is 0 Å². The van der Waals surface area contributed by atoms with Gasteiger partial charge in [-0.2, -0.15) is 0 Å². The zero-order valence-corrected chi connectivity index (χ0v) is 13.9. The molecule has 0 bridgehead atoms. The molecule has 2 nitrogen and oxygen atoms in total. The Labute approximate surface area is 141 Å². The Bertz CT molecular complexity index is 660. The highest BCUT2D eigenvalue weighted by Gasteiger charge is 2.12. The highest BCUT2D eigenvalue weighted by molar-refractivity contribution is 6.43. The molecule has 0 aliphatic rings. The lowest BCUT2D eigenvalue weighted by Crippen LogP contribution is -1.94. The Morgan fingerprint density at radius 2 is 1.20 bits per heavy atom. The number of hydrogen-bond donors (Lipinski definition) is 1. The minimum Gasteiger partial charge on any atom is -0.454 e. The van der Waals surface area contributed by atoms with Gasteiger partial charge < -0.3 is 10.1 Å². The Morgan fingerprint density at radius 1 is 0.700 bits per heavy atom. The fourth-order valence-electron chi connectivity index (χ4n) is 1.51. The van der Waals surface area contributed by atoms with Crippen molar-refractivity contribution in [3.8, 4) is 11.5 Å². The summed E-state index contributed by atoms with van der Waals surface area (Å²) in [5.74, 6) is 0.846. The number of ether oxygens (including phenoxy) is 1. The molecule has 0 radical (unpaired) electrons. The topological polar surface area (TPSA) is 21.3 Å². The van der Waals surface area contributed by atoms with Gasteiger partial charge in [-0.25, -0.2) is 0 Å². The lowest BCUT2D eigenvalue weighted by atomic mass is 10.3. The molecule has 2 aromatic rings. The smallest absolute Gasteiger partial charge is 0.152 e. The van der Waals surface area contributed by atoms with E-state index in [4.69, 9.17) is 62.7 Å². The van der Waals surface area contributed by atoms with Gasteiger partial charge in [0, 0.05) is 19.2 Å². The van der Waals surface area contributed by atoms with Crippen molar-refractivity contribution in [1.82, 2.24) is 0 Å². The van der Waals surface area contributed by atoms with Gasteiger partial charge >= 0.3 is 0 Å². The average Bonchev–Trinajstić information content (AvgIpc) is 2.39. The molecule has 0 aliphatic heterocycles. The van der Waals surface area contributed by atoms with Crippen molar-refractivity contribution in [3.63, 3.8) is 0 Å². The zero-order chi connectivity index (χ0) is 14.9. The lowest BCUT2D eigenvalue weighted by Gasteiger charge is -2.13. The summed E-state index contributed by atoms with van der Waals surface area (Å²) in [7, 11) is 1.74. The molecule has 2 aromatic carbocycles. The number of halogens is 5. The summed E-state index contributed by atoms with van der Waals surface area (Å²) >= 11 is 29.8. The molecule has 0 saturated heterocycles. The van der Waals surface area contributed by atoms with Crippen LogP contribution in [0.5, 0.6) is 11.5 Å². The van der Waals surface area contributed by atoms with Crippen LogP contribution >= 0.6 is 58.0 Å². The molecule has 2 rings (SSSR count). The summed E-state index contributed by atoms with van der Waals surface area (Å²) in [4.78, 5) is 0. The SMILES string of the molecule is CNc1cc(Cl)c(Cl)cc1Oc1cc(Cl)c(Cl)cc1Cl. The molecule has 0 aliphatic carbocycles. The standard InChI is InChI=1S/C13H8Cl5NO/c1-19-11-3-7(15)9(17)5-13(11)20-12-4-8(16)6(14)2-10(12)18/h2-5,19H,1H3. The van der Waals surface area contributed by atoms with E-state index in [9.17, 15) is 0 Å². The number of nitrogens with one attached hydrogen (secondary N) is 1. The second-order valence-electron chi connectivity index (χ2n) is 3.81. The van der Waals surface area contributed by atoms with Crippen LogP contribution in [0.4, 0.5) is 5.69 Å². The summed E-state index contributed by atoms with van der Waals surface area (Å²) in [6.45, 7) is 0. The van der Waals surface area contributed by atoms with E-state index in [0.717, 1.165) is 0 Å². The Kier molecular flexibility index (Phi) is 5.16. The predicted octanol–water partition coefficient (Wildman–Crippen LogP) is 6.79. The third kappa shape index (κ3) is 3.38. The van der Waals surface area contributed by atoms with Crippen LogP contribution in [0.3, 0.4) is 0 Å². The second-order valence-corrected chi connectivity index (χ2v) is 5.85. The molecular weight excluding hydrogens is 363 g/mol. The maximum atomic E-state index is 6.07. The first-order valence-corrected chi connectivity index (χ1v) is 7.30. The monoisotopic (exact) mass is 369 g/mol. The van der Waals surface area contributed by atoms with Crippen molar-refractivity contribution in [1.29, 1.82) is 0 Å². The minimum absolute atomic E-state index is 0.340. The van der Waals surface area contributed by atoms with Crippen LogP contribution in [0.1, 0.15) is 0 Å². The first kappa shape index (κ1) is 15.9. The van der Waals surface area contributed by atoms with Crippen LogP contribution in [0.2, 0.25) is 25.1 Å². The molecule has 0 aromatic heterocycles. The van der Waals surface area contributed by atoms with Gasteiger partial charge in [-0.3, -0.25) is 0 Å². The summed E-state index contributed by atoms with van der Waals surface area (Å²) < 4.78 is 5.72. The normalized spacial score (nSPS) is 10.5. The van der Waals surface area contributed by atoms with Gasteiger partial charge in [0.05, 0.1) is 30.8 Å². The summed E-state index contributed by atoms with van der Waals surface area (Å²) in [6.07, 6.45) is 0. The molecule has 0 spiro atoms. The fraction of sp³-hybridized carbons (Fsp3) is 0.0769. The number of anilines is 1. The van der Waals surface area contributed by atoms with Gasteiger partial charge in [0.1, 0.15) is 5.75 Å². The molecule has 0 unspecified atom stereocenters. The Balaban J connectivity index is 2.44. The molecule has 7 heteroatoms. The van der Waals surface area contributed by atoms with Crippen LogP contribution in [-0.4, -0.2) is 7.05 Å². The van der Waals surface area contributed by atoms with Crippen molar-refractivity contribution in [2.24, 2.45) is 0 Å². The molecule has 0 heterocycles. The number of hydrogen-bond acceptors (Lipinski definition) is 2. The number of benzene rings is 2. The van der Waals surface area contributed by atoms with Crippen LogP contribution < -0.4 is 10.1 Å². The first-order chi connectivity index (χ1) is 9.42. The summed E-state index contributed by atoms with van der Waals surface area (Å²) in [5.41, 5.74) is 0.668. The quantitative estimate of drug-likeness (QED) is 0.600. The van der Waals surface area contributed by atoms with Crippen molar-refractivity contribution in [2.75, 3.05) is 12.4 Å². The van der Waals surface area contributed by atoms with Crippen LogP contribution in [0.15, 0.2) is 24.3 Å². The maximum absolute atomic E-state index is 6.07. The Morgan fingerprint density at radius 3 is 1.80 bits per heavy atom. The van der Waals surface area contributed by atoms with Gasteiger partial charge in [-0.05, 0) is 12.1 Å². The molecule has 0 atom stereocenters. The third-order valence-electron chi connectivity index (χ3n) is 2.49. The molecule has 0 saturated carbocycles. The van der Waals surface area contributed by atoms with E-state index in [1.165, 1.54) is 12.1 Å². The van der Waals surface area contributed by atoms with E-state index >= 15 is 0 Å². The highest BCUT2D eigenvalue weighted by Crippen LogP contribution is 2.40. The van der Waals surface area contributed by atoms with Gasteiger partial charge in [-0.1, -0.05) is 58.0 Å². The molecule has 106 valence electrons. The predicted molar refractivity (Wildman–Crippen MR) is 87.6 cm³/mol. The van der Waals surface area contributed by atoms with E-state index in [0.29, 0.717) is 42.3 Å². The van der Waals surface area contributed by atoms with E-state index < -0.39 is 0 Å². The van der Waals surface area contributed by atoms with E-state index in [-0.39, 0.29) is 0 Å². The molecular formula is C13H8Cl5NO. The maximum Gasteiger partial charge on any atom is 0.152 e. The molecule has 20 heavy (non-hydrogen) atoms. The lowest BCUT2D eigenvalue weighted by molar-refractivity contribution is 0.485. The van der Waals surface area contributed by atoms with E-state index in [1.54, 1.807) is 19.2 Å². The summed E-state index contributed by atoms with van der Waals surface area (Å²) in [6, 6.07) is 6.30. The van der Waals surface area contributed by atoms with E-state index in [2.05, 4.69) is 5.32 Å². The zero-order valence-electron chi connectivity index (χ0n) is 10.1. The van der Waals surface area contributed by atoms with Crippen molar-refractivity contribution >= 4 is 63.7 Å². The first-order valence-electron chi connectivity index (χ1n) is 5.41. The van der Waals surface area contributed by atoms with E-state index in [1.807, 2.05) is 0 Å². The molecule has 0 amide bonds. The van der Waals surface area contributed by atoms with Crippen molar-refractivity contribution in [3.05, 3.63) is 49.4 Å². The van der Waals surface area contributed by atoms with Crippen molar-refractivity contribution < 1.29 is 4.74 Å². The highest BCUT2D eigenvalue weighted by atomic mass is 35.5. The van der Waals surface area contributed by atoms with Crippen molar-refractivity contribution in [2.45, 2.75) is 0 Å². The third-order valence-corrected chi connectivity index (χ3v) is 4.23. The van der Waals surface area contributed by atoms with Gasteiger partial charge in [0.25, 0.3) is 0 Å². The van der Waals surface area contributed by atoms with Gasteiger partial charge in [0.15, 0.2) is 5.75 Å². The molecule has 0 fully saturated rings. The van der Waals surface area contributed by atoms with Gasteiger partial charge in [-0.15, -0.1) is 0 Å². The van der Waals surface area contributed by atoms with Crippen LogP contribution in [0, 0.1) is 0 Å². The Hall–Kier alpha value is -0.510. The largest absolute Gasteiger partial charge is 0.454 e. The second kappa shape index (κ2) is 6.50. The number of rotatable bonds is 3. The van der Waals surface area contributed by atoms with Crippen LogP contribution in [0.25, 0.3) is 0 Å².